The SMILES string of the molecule is COCCN1C(=O)c2c(O)c(=O)c(C(=O)NCc3ccc(C(F)(F)F)cc3)cn2CC1O. The van der Waals surface area contributed by atoms with Crippen LogP contribution < -0.4 is 10.7 Å². The van der Waals surface area contributed by atoms with E-state index in [9.17, 15) is 37.8 Å². The molecule has 2 heterocycles. The summed E-state index contributed by atoms with van der Waals surface area (Å²) in [6, 6.07) is 4.10. The van der Waals surface area contributed by atoms with Gasteiger partial charge in [-0.3, -0.25) is 14.4 Å². The maximum atomic E-state index is 12.6. The van der Waals surface area contributed by atoms with E-state index in [1.165, 1.54) is 19.2 Å². The summed E-state index contributed by atoms with van der Waals surface area (Å²) in [6.07, 6.45) is -4.71. The highest BCUT2D eigenvalue weighted by molar-refractivity contribution is 5.99. The standard InChI is InChI=1S/C20H20F3N3O6/c1-32-7-6-26-14(27)10-25-9-13(16(28)17(29)15(25)19(26)31)18(30)24-8-11-2-4-12(5-3-11)20(21,22)23/h2-5,9,14,27,29H,6-8,10H2,1H3,(H,24,30). The Morgan fingerprint density at radius 3 is 2.50 bits per heavy atom. The highest BCUT2D eigenvalue weighted by atomic mass is 19.4. The maximum absolute atomic E-state index is 12.6. The summed E-state index contributed by atoms with van der Waals surface area (Å²) in [6.45, 7) is -0.221. The van der Waals surface area contributed by atoms with Gasteiger partial charge in [-0.05, 0) is 17.7 Å². The molecule has 32 heavy (non-hydrogen) atoms. The maximum Gasteiger partial charge on any atom is 0.416 e. The first kappa shape index (κ1) is 23.3. The largest absolute Gasteiger partial charge is 0.503 e. The fourth-order valence-corrected chi connectivity index (χ4v) is 3.26. The predicted octanol–water partition coefficient (Wildman–Crippen LogP) is 0.923. The van der Waals surface area contributed by atoms with E-state index < -0.39 is 46.5 Å². The number of aliphatic hydroxyl groups excluding tert-OH is 1. The first-order valence-corrected chi connectivity index (χ1v) is 9.43. The number of carbonyl (C=O) groups excluding carboxylic acids is 2. The molecule has 0 radical (unpaired) electrons. The van der Waals surface area contributed by atoms with E-state index in [1.807, 2.05) is 0 Å². The molecule has 1 aromatic heterocycles. The molecule has 2 aromatic rings. The molecule has 3 rings (SSSR count). The Labute approximate surface area is 179 Å². The van der Waals surface area contributed by atoms with E-state index in [0.29, 0.717) is 5.56 Å². The average Bonchev–Trinajstić information content (AvgIpc) is 2.73. The summed E-state index contributed by atoms with van der Waals surface area (Å²) >= 11 is 0. The molecular weight excluding hydrogens is 435 g/mol. The summed E-state index contributed by atoms with van der Waals surface area (Å²) in [7, 11) is 1.41. The Morgan fingerprint density at radius 1 is 1.25 bits per heavy atom. The Balaban J connectivity index is 1.80. The molecule has 0 bridgehead atoms. The number of benzene rings is 1. The van der Waals surface area contributed by atoms with Crippen molar-refractivity contribution in [2.45, 2.75) is 25.5 Å². The fourth-order valence-electron chi connectivity index (χ4n) is 3.26. The van der Waals surface area contributed by atoms with Gasteiger partial charge in [-0.1, -0.05) is 12.1 Å². The van der Waals surface area contributed by atoms with Gasteiger partial charge < -0.3 is 29.7 Å². The van der Waals surface area contributed by atoms with Gasteiger partial charge in [-0.25, -0.2) is 0 Å². The van der Waals surface area contributed by atoms with Crippen molar-refractivity contribution >= 4 is 11.8 Å². The third-order valence-corrected chi connectivity index (χ3v) is 4.95. The van der Waals surface area contributed by atoms with Crippen LogP contribution in [0.15, 0.2) is 35.3 Å². The zero-order valence-electron chi connectivity index (χ0n) is 16.8. The van der Waals surface area contributed by atoms with E-state index >= 15 is 0 Å². The van der Waals surface area contributed by atoms with E-state index in [0.717, 1.165) is 27.8 Å². The lowest BCUT2D eigenvalue weighted by Gasteiger charge is -2.34. The number of fused-ring (bicyclic) bond motifs is 1. The number of aromatic nitrogens is 1. The quantitative estimate of drug-likeness (QED) is 0.596. The van der Waals surface area contributed by atoms with E-state index in [2.05, 4.69) is 5.32 Å². The lowest BCUT2D eigenvalue weighted by molar-refractivity contribution is -0.137. The summed E-state index contributed by atoms with van der Waals surface area (Å²) in [5.74, 6) is -2.64. The number of methoxy groups -OCH3 is 1. The molecule has 0 aliphatic carbocycles. The van der Waals surface area contributed by atoms with Crippen molar-refractivity contribution in [3.05, 3.63) is 63.1 Å². The number of halogens is 3. The molecule has 9 nitrogen and oxygen atoms in total. The van der Waals surface area contributed by atoms with Crippen LogP contribution >= 0.6 is 0 Å². The molecule has 2 amide bonds. The summed E-state index contributed by atoms with van der Waals surface area (Å²) in [5, 5.41) is 22.9. The first-order chi connectivity index (χ1) is 15.0. The highest BCUT2D eigenvalue weighted by Gasteiger charge is 2.35. The van der Waals surface area contributed by atoms with Gasteiger partial charge in [-0.15, -0.1) is 0 Å². The Kier molecular flexibility index (Phi) is 6.55. The lowest BCUT2D eigenvalue weighted by Crippen LogP contribution is -2.50. The minimum absolute atomic E-state index is 0.0273. The number of rotatable bonds is 6. The van der Waals surface area contributed by atoms with Crippen molar-refractivity contribution in [2.75, 3.05) is 20.3 Å². The van der Waals surface area contributed by atoms with Crippen LogP contribution in [0.25, 0.3) is 0 Å². The smallest absolute Gasteiger partial charge is 0.416 e. The van der Waals surface area contributed by atoms with Gasteiger partial charge in [0.15, 0.2) is 11.4 Å². The zero-order chi connectivity index (χ0) is 23.6. The lowest BCUT2D eigenvalue weighted by atomic mass is 10.1. The molecule has 12 heteroatoms. The highest BCUT2D eigenvalue weighted by Crippen LogP contribution is 2.29. The monoisotopic (exact) mass is 455 g/mol. The van der Waals surface area contributed by atoms with Crippen molar-refractivity contribution < 1.29 is 37.7 Å². The number of hydrogen-bond acceptors (Lipinski definition) is 6. The molecule has 1 atom stereocenters. The second-order valence-corrected chi connectivity index (χ2v) is 7.07. The van der Waals surface area contributed by atoms with Crippen molar-refractivity contribution in [2.24, 2.45) is 0 Å². The number of aromatic hydroxyl groups is 1. The molecule has 0 saturated carbocycles. The summed E-state index contributed by atoms with van der Waals surface area (Å²) in [5.41, 5.74) is -2.42. The normalized spacial score (nSPS) is 16.1. The van der Waals surface area contributed by atoms with Crippen molar-refractivity contribution in [1.82, 2.24) is 14.8 Å². The molecule has 0 spiro atoms. The summed E-state index contributed by atoms with van der Waals surface area (Å²) in [4.78, 5) is 38.6. The van der Waals surface area contributed by atoms with Gasteiger partial charge in [0.25, 0.3) is 11.8 Å². The second-order valence-electron chi connectivity index (χ2n) is 7.07. The van der Waals surface area contributed by atoms with E-state index in [-0.39, 0.29) is 31.9 Å². The van der Waals surface area contributed by atoms with Crippen LogP contribution in [0.1, 0.15) is 32.0 Å². The number of ether oxygens (including phenoxy) is 1. The van der Waals surface area contributed by atoms with Crippen molar-refractivity contribution in [3.8, 4) is 5.75 Å². The molecule has 1 aromatic carbocycles. The molecule has 1 aliphatic heterocycles. The fraction of sp³-hybridized carbons (Fsp3) is 0.350. The second kappa shape index (κ2) is 9.01. The average molecular weight is 455 g/mol. The van der Waals surface area contributed by atoms with Gasteiger partial charge in [-0.2, -0.15) is 13.2 Å². The topological polar surface area (TPSA) is 121 Å². The van der Waals surface area contributed by atoms with Gasteiger partial charge in [0.2, 0.25) is 5.43 Å². The van der Waals surface area contributed by atoms with Crippen molar-refractivity contribution in [1.29, 1.82) is 0 Å². The number of amides is 2. The van der Waals surface area contributed by atoms with Crippen LogP contribution in [0.2, 0.25) is 0 Å². The van der Waals surface area contributed by atoms with E-state index in [4.69, 9.17) is 4.74 Å². The minimum atomic E-state index is -4.49. The number of nitrogens with one attached hydrogen (secondary N) is 1. The van der Waals surface area contributed by atoms with Crippen LogP contribution in [0.4, 0.5) is 13.2 Å². The number of aliphatic hydroxyl groups is 1. The van der Waals surface area contributed by atoms with Crippen LogP contribution in [-0.4, -0.2) is 58.0 Å². The van der Waals surface area contributed by atoms with E-state index in [1.54, 1.807) is 0 Å². The molecular formula is C20H20F3N3O6. The molecule has 0 fully saturated rings. The van der Waals surface area contributed by atoms with Gasteiger partial charge in [0, 0.05) is 26.4 Å². The molecule has 1 unspecified atom stereocenters. The number of nitrogens with zero attached hydrogens (tertiary/aromatic N) is 2. The molecule has 172 valence electrons. The van der Waals surface area contributed by atoms with Gasteiger partial charge in [0.1, 0.15) is 11.8 Å². The number of hydrogen-bond donors (Lipinski definition) is 3. The van der Waals surface area contributed by atoms with Gasteiger partial charge >= 0.3 is 6.18 Å². The van der Waals surface area contributed by atoms with Crippen LogP contribution in [0.5, 0.6) is 5.75 Å². The number of carbonyl (C=O) groups is 2. The molecule has 3 N–H and O–H groups in total. The van der Waals surface area contributed by atoms with Crippen molar-refractivity contribution in [3.63, 3.8) is 0 Å². The van der Waals surface area contributed by atoms with Crippen LogP contribution in [0, 0.1) is 0 Å². The van der Waals surface area contributed by atoms with Gasteiger partial charge in [0.05, 0.1) is 18.7 Å². The Hall–Kier alpha value is -3.38. The Bertz CT molecular complexity index is 1080. The minimum Gasteiger partial charge on any atom is -0.503 e. The first-order valence-electron chi connectivity index (χ1n) is 9.43. The Morgan fingerprint density at radius 2 is 1.91 bits per heavy atom. The van der Waals surface area contributed by atoms with Crippen LogP contribution in [0.3, 0.4) is 0 Å². The van der Waals surface area contributed by atoms with Crippen LogP contribution in [-0.2, 0) is 24.0 Å². The number of pyridine rings is 1. The molecule has 1 aliphatic rings. The molecule has 0 saturated heterocycles. The zero-order valence-corrected chi connectivity index (χ0v) is 16.8. The number of alkyl halides is 3. The third kappa shape index (κ3) is 4.60. The summed E-state index contributed by atoms with van der Waals surface area (Å²) < 4.78 is 43.9. The predicted molar refractivity (Wildman–Crippen MR) is 104 cm³/mol. The third-order valence-electron chi connectivity index (χ3n) is 4.95.